The molecule has 0 aliphatic carbocycles. The minimum Gasteiger partial charge on any atom is -0.439 e. The van der Waals surface area contributed by atoms with E-state index in [1.54, 1.807) is 0 Å². The van der Waals surface area contributed by atoms with Crippen LogP contribution in [0.1, 0.15) is 38.1 Å². The zero-order valence-electron chi connectivity index (χ0n) is 12.8. The molecule has 1 heterocycles. The Labute approximate surface area is 134 Å². The molecule has 0 unspecified atom stereocenters. The van der Waals surface area contributed by atoms with Crippen LogP contribution in [0.4, 0.5) is 5.82 Å². The van der Waals surface area contributed by atoms with Gasteiger partial charge in [-0.15, -0.1) is 0 Å². The van der Waals surface area contributed by atoms with Crippen LogP contribution in [-0.4, -0.2) is 16.5 Å². The number of ether oxygens (including phenoxy) is 1. The van der Waals surface area contributed by atoms with Crippen molar-refractivity contribution in [2.45, 2.75) is 33.6 Å². The van der Waals surface area contributed by atoms with Crippen LogP contribution in [0.5, 0.6) is 11.6 Å². The Morgan fingerprint density at radius 1 is 1.24 bits per heavy atom. The summed E-state index contributed by atoms with van der Waals surface area (Å²) in [4.78, 5) is 8.68. The molecule has 2 rings (SSSR count). The van der Waals surface area contributed by atoms with Crippen LogP contribution in [0.25, 0.3) is 0 Å². The van der Waals surface area contributed by atoms with Crippen molar-refractivity contribution in [2.24, 2.45) is 0 Å². The van der Waals surface area contributed by atoms with E-state index in [2.05, 4.69) is 51.1 Å². The number of aryl methyl sites for hydroxylation is 1. The average Bonchev–Trinajstić information content (AvgIpc) is 2.40. The van der Waals surface area contributed by atoms with Crippen molar-refractivity contribution >= 4 is 21.7 Å². The number of anilines is 1. The summed E-state index contributed by atoms with van der Waals surface area (Å²) in [5, 5.41) is 3.18. The molecule has 4 nitrogen and oxygen atoms in total. The van der Waals surface area contributed by atoms with Crippen molar-refractivity contribution in [1.82, 2.24) is 9.97 Å². The Kier molecular flexibility index (Phi) is 5.17. The smallest absolute Gasteiger partial charge is 0.224 e. The number of benzene rings is 1. The lowest BCUT2D eigenvalue weighted by Crippen LogP contribution is -2.03. The van der Waals surface area contributed by atoms with Crippen LogP contribution in [-0.2, 0) is 0 Å². The molecule has 21 heavy (non-hydrogen) atoms. The van der Waals surface area contributed by atoms with Gasteiger partial charge in [-0.25, -0.2) is 4.98 Å². The molecular formula is C16H20BrN3O. The van der Waals surface area contributed by atoms with Crippen molar-refractivity contribution in [3.63, 3.8) is 0 Å². The van der Waals surface area contributed by atoms with E-state index in [-0.39, 0.29) is 0 Å². The second-order valence-electron chi connectivity index (χ2n) is 5.11. The zero-order valence-corrected chi connectivity index (χ0v) is 14.4. The molecule has 0 atom stereocenters. The van der Waals surface area contributed by atoms with Crippen LogP contribution < -0.4 is 10.1 Å². The lowest BCUT2D eigenvalue weighted by atomic mass is 10.0. The minimum absolute atomic E-state index is 0.369. The summed E-state index contributed by atoms with van der Waals surface area (Å²) in [5.41, 5.74) is 1.14. The van der Waals surface area contributed by atoms with Gasteiger partial charge >= 0.3 is 0 Å². The zero-order chi connectivity index (χ0) is 15.4. The molecule has 0 amide bonds. The van der Waals surface area contributed by atoms with Gasteiger partial charge in [-0.1, -0.05) is 29.8 Å². The van der Waals surface area contributed by atoms with Gasteiger partial charge in [-0.3, -0.25) is 0 Å². The number of nitrogens with zero attached hydrogens (tertiary/aromatic N) is 2. The van der Waals surface area contributed by atoms with E-state index in [1.165, 1.54) is 0 Å². The first-order chi connectivity index (χ1) is 9.99. The monoisotopic (exact) mass is 349 g/mol. The Morgan fingerprint density at radius 2 is 2.00 bits per heavy atom. The van der Waals surface area contributed by atoms with Gasteiger partial charge in [0, 0.05) is 17.1 Å². The predicted molar refractivity (Wildman–Crippen MR) is 89.2 cm³/mol. The maximum absolute atomic E-state index is 5.98. The summed E-state index contributed by atoms with van der Waals surface area (Å²) in [6.45, 7) is 8.99. The fourth-order valence-corrected chi connectivity index (χ4v) is 2.42. The first-order valence-electron chi connectivity index (χ1n) is 7.06. The molecule has 0 spiro atoms. The third kappa shape index (κ3) is 4.17. The standard InChI is InChI=1S/C16H20BrN3O/c1-5-18-15-9-16(20-11(4)19-15)21-14-7-6-12(17)8-13(14)10(2)3/h6-10H,5H2,1-4H3,(H,18,19,20). The largest absolute Gasteiger partial charge is 0.439 e. The highest BCUT2D eigenvalue weighted by atomic mass is 79.9. The quantitative estimate of drug-likeness (QED) is 0.834. The molecule has 0 aliphatic rings. The average molecular weight is 350 g/mol. The summed E-state index contributed by atoms with van der Waals surface area (Å²) in [6, 6.07) is 7.84. The molecule has 0 fully saturated rings. The number of hydrogen-bond donors (Lipinski definition) is 1. The Hall–Kier alpha value is -1.62. The van der Waals surface area contributed by atoms with Gasteiger partial charge in [0.2, 0.25) is 5.88 Å². The number of nitrogens with one attached hydrogen (secondary N) is 1. The molecule has 112 valence electrons. The summed E-state index contributed by atoms with van der Waals surface area (Å²) in [5.74, 6) is 3.22. The second kappa shape index (κ2) is 6.89. The summed E-state index contributed by atoms with van der Waals surface area (Å²) < 4.78 is 7.03. The molecule has 1 aromatic carbocycles. The van der Waals surface area contributed by atoms with E-state index in [4.69, 9.17) is 4.74 Å². The summed E-state index contributed by atoms with van der Waals surface area (Å²) >= 11 is 3.50. The van der Waals surface area contributed by atoms with E-state index < -0.39 is 0 Å². The SMILES string of the molecule is CCNc1cc(Oc2ccc(Br)cc2C(C)C)nc(C)n1. The van der Waals surface area contributed by atoms with Crippen molar-refractivity contribution in [3.05, 3.63) is 40.1 Å². The molecule has 2 aromatic rings. The van der Waals surface area contributed by atoms with E-state index in [0.717, 1.165) is 28.1 Å². The first kappa shape index (κ1) is 15.8. The highest BCUT2D eigenvalue weighted by molar-refractivity contribution is 9.10. The lowest BCUT2D eigenvalue weighted by molar-refractivity contribution is 0.451. The van der Waals surface area contributed by atoms with Gasteiger partial charge in [0.15, 0.2) is 0 Å². The Balaban J connectivity index is 2.33. The minimum atomic E-state index is 0.369. The van der Waals surface area contributed by atoms with Gasteiger partial charge in [-0.05, 0) is 43.5 Å². The van der Waals surface area contributed by atoms with Gasteiger partial charge in [0.05, 0.1) is 0 Å². The third-order valence-electron chi connectivity index (χ3n) is 2.98. The summed E-state index contributed by atoms with van der Waals surface area (Å²) in [7, 11) is 0. The normalized spacial score (nSPS) is 10.8. The molecule has 0 aliphatic heterocycles. The van der Waals surface area contributed by atoms with E-state index in [1.807, 2.05) is 32.0 Å². The van der Waals surface area contributed by atoms with Crippen molar-refractivity contribution in [2.75, 3.05) is 11.9 Å². The number of hydrogen-bond acceptors (Lipinski definition) is 4. The molecule has 0 radical (unpaired) electrons. The third-order valence-corrected chi connectivity index (χ3v) is 3.47. The maximum Gasteiger partial charge on any atom is 0.224 e. The second-order valence-corrected chi connectivity index (χ2v) is 6.02. The van der Waals surface area contributed by atoms with Crippen LogP contribution >= 0.6 is 15.9 Å². The molecule has 0 bridgehead atoms. The fourth-order valence-electron chi connectivity index (χ4n) is 2.04. The number of rotatable bonds is 5. The maximum atomic E-state index is 5.98. The van der Waals surface area contributed by atoms with Crippen LogP contribution in [0, 0.1) is 6.92 Å². The first-order valence-corrected chi connectivity index (χ1v) is 7.85. The Bertz CT molecular complexity index is 629. The van der Waals surface area contributed by atoms with Gasteiger partial charge in [0.1, 0.15) is 17.4 Å². The topological polar surface area (TPSA) is 47.0 Å². The van der Waals surface area contributed by atoms with E-state index in [0.29, 0.717) is 17.6 Å². The van der Waals surface area contributed by atoms with E-state index in [9.17, 15) is 0 Å². The van der Waals surface area contributed by atoms with Crippen molar-refractivity contribution in [1.29, 1.82) is 0 Å². The molecule has 1 N–H and O–H groups in total. The van der Waals surface area contributed by atoms with Gasteiger partial charge in [0.25, 0.3) is 0 Å². The van der Waals surface area contributed by atoms with Crippen LogP contribution in [0.2, 0.25) is 0 Å². The van der Waals surface area contributed by atoms with Gasteiger partial charge in [-0.2, -0.15) is 4.98 Å². The molecule has 1 aromatic heterocycles. The highest BCUT2D eigenvalue weighted by Gasteiger charge is 2.11. The molecule has 5 heteroatoms. The molecular weight excluding hydrogens is 330 g/mol. The highest BCUT2D eigenvalue weighted by Crippen LogP contribution is 2.32. The molecule has 0 saturated heterocycles. The van der Waals surface area contributed by atoms with Crippen molar-refractivity contribution < 1.29 is 4.74 Å². The lowest BCUT2D eigenvalue weighted by Gasteiger charge is -2.14. The van der Waals surface area contributed by atoms with Crippen molar-refractivity contribution in [3.8, 4) is 11.6 Å². The fraction of sp³-hybridized carbons (Fsp3) is 0.375. The predicted octanol–water partition coefficient (Wildman–Crippen LogP) is 4.90. The Morgan fingerprint density at radius 3 is 2.67 bits per heavy atom. The number of halogens is 1. The number of aromatic nitrogens is 2. The van der Waals surface area contributed by atoms with E-state index >= 15 is 0 Å². The van der Waals surface area contributed by atoms with Crippen LogP contribution in [0.15, 0.2) is 28.7 Å². The van der Waals surface area contributed by atoms with Gasteiger partial charge < -0.3 is 10.1 Å². The van der Waals surface area contributed by atoms with Crippen LogP contribution in [0.3, 0.4) is 0 Å². The molecule has 0 saturated carbocycles. The summed E-state index contributed by atoms with van der Waals surface area (Å²) in [6.07, 6.45) is 0.